The third-order valence-corrected chi connectivity index (χ3v) is 6.24. The van der Waals surface area contributed by atoms with Crippen LogP contribution in [0.15, 0.2) is 72.9 Å². The number of benzene rings is 2. The van der Waals surface area contributed by atoms with Crippen LogP contribution in [0, 0.1) is 22.7 Å². The van der Waals surface area contributed by atoms with Crippen LogP contribution in [0.5, 0.6) is 0 Å². The molecule has 3 heterocycles. The molecule has 0 radical (unpaired) electrons. The molecule has 2 aromatic heterocycles. The fraction of sp³-hybridized carbons (Fsp3) is 0.233. The van der Waals surface area contributed by atoms with Gasteiger partial charge in [0, 0.05) is 29.6 Å². The van der Waals surface area contributed by atoms with Gasteiger partial charge < -0.3 is 10.6 Å². The zero-order valence-electron chi connectivity index (χ0n) is 22.3. The molecule has 5 rings (SSSR count). The van der Waals surface area contributed by atoms with Gasteiger partial charge in [-0.1, -0.05) is 42.5 Å². The first-order chi connectivity index (χ1) is 20.3. The summed E-state index contributed by atoms with van der Waals surface area (Å²) in [6.07, 6.45) is -0.960. The van der Waals surface area contributed by atoms with Gasteiger partial charge in [-0.2, -0.15) is 23.7 Å². The van der Waals surface area contributed by atoms with Gasteiger partial charge in [-0.05, 0) is 50.1 Å². The number of nitrogens with one attached hydrogen (secondary N) is 2. The molecule has 2 aromatic carbocycles. The van der Waals surface area contributed by atoms with Crippen molar-refractivity contribution in [2.45, 2.75) is 31.5 Å². The first-order valence-electron chi connectivity index (χ1n) is 13.0. The molecule has 0 spiro atoms. The third kappa shape index (κ3) is 8.16. The molecule has 2 N–H and O–H groups in total. The molecule has 1 fully saturated rings. The van der Waals surface area contributed by atoms with Gasteiger partial charge >= 0.3 is 6.18 Å². The molecule has 1 aliphatic rings. The van der Waals surface area contributed by atoms with Crippen molar-refractivity contribution >= 4 is 5.91 Å². The number of carbonyl (C=O) groups is 1. The van der Waals surface area contributed by atoms with Gasteiger partial charge in [0.1, 0.15) is 12.1 Å². The van der Waals surface area contributed by atoms with E-state index >= 15 is 0 Å². The topological polar surface area (TPSA) is 140 Å². The predicted molar refractivity (Wildman–Crippen MR) is 147 cm³/mol. The van der Waals surface area contributed by atoms with Crippen LogP contribution in [0.2, 0.25) is 0 Å². The Morgan fingerprint density at radius 3 is 2.33 bits per heavy atom. The zero-order valence-corrected chi connectivity index (χ0v) is 22.3. The van der Waals surface area contributed by atoms with E-state index < -0.39 is 11.7 Å². The lowest BCUT2D eigenvalue weighted by molar-refractivity contribution is -0.137. The van der Waals surface area contributed by atoms with E-state index in [0.29, 0.717) is 31.6 Å². The van der Waals surface area contributed by atoms with E-state index in [-0.39, 0.29) is 34.9 Å². The van der Waals surface area contributed by atoms with Gasteiger partial charge in [-0.15, -0.1) is 0 Å². The summed E-state index contributed by atoms with van der Waals surface area (Å²) >= 11 is 0. The maximum Gasteiger partial charge on any atom is 0.416 e. The number of nitrogens with zero attached hydrogens (tertiary/aromatic N) is 6. The van der Waals surface area contributed by atoms with E-state index in [1.165, 1.54) is 12.1 Å². The number of nitriles is 2. The first kappa shape index (κ1) is 29.8. The van der Waals surface area contributed by atoms with E-state index in [1.807, 2.05) is 42.5 Å². The molecule has 212 valence electrons. The van der Waals surface area contributed by atoms with Crippen LogP contribution in [0.3, 0.4) is 0 Å². The number of aromatic nitrogens is 4. The molecular weight excluding hydrogens is 545 g/mol. The molecule has 9 nitrogen and oxygen atoms in total. The largest absolute Gasteiger partial charge is 0.416 e. The molecular formula is C30H25F3N8O. The highest BCUT2D eigenvalue weighted by atomic mass is 19.4. The van der Waals surface area contributed by atoms with Crippen LogP contribution in [-0.2, 0) is 17.4 Å². The summed E-state index contributed by atoms with van der Waals surface area (Å²) in [5, 5.41) is 23.7. The average Bonchev–Trinajstić information content (AvgIpc) is 3.43. The summed E-state index contributed by atoms with van der Waals surface area (Å²) in [6.45, 7) is 1.25. The van der Waals surface area contributed by atoms with Crippen LogP contribution in [0.25, 0.3) is 22.5 Å². The van der Waals surface area contributed by atoms with Gasteiger partial charge in [-0.3, -0.25) is 4.79 Å². The highest BCUT2D eigenvalue weighted by Crippen LogP contribution is 2.32. The summed E-state index contributed by atoms with van der Waals surface area (Å²) in [6, 6.07) is 21.5. The Hall–Kier alpha value is -5.20. The van der Waals surface area contributed by atoms with Gasteiger partial charge in [0.15, 0.2) is 0 Å². The number of rotatable bonds is 7. The zero-order chi connectivity index (χ0) is 30.0. The second-order valence-electron chi connectivity index (χ2n) is 9.19. The van der Waals surface area contributed by atoms with E-state index in [2.05, 4.69) is 30.6 Å². The molecule has 0 unspecified atom stereocenters. The van der Waals surface area contributed by atoms with E-state index in [1.54, 1.807) is 18.3 Å². The smallest absolute Gasteiger partial charge is 0.355 e. The molecule has 4 aromatic rings. The SMILES string of the molecule is N#Cc1nc(CCCN[C@H]2CCNC2=O)cc(-c2cccc(C(F)(F)F)c2)n1.N#Cc1nccc(-c2ccccc2)n1. The molecule has 42 heavy (non-hydrogen) atoms. The molecule has 0 aliphatic carbocycles. The van der Waals surface area contributed by atoms with Crippen molar-refractivity contribution in [1.82, 2.24) is 30.6 Å². The highest BCUT2D eigenvalue weighted by Gasteiger charge is 2.30. The molecule has 1 aliphatic heterocycles. The Kier molecular flexibility index (Phi) is 9.87. The standard InChI is InChI=1S/C19H18F3N5O.C11H7N3/c20-19(21,22)13-4-1-3-12(9-13)16-10-14(26-17(11-23)27-16)5-2-7-24-15-6-8-25-18(15)28;12-8-11-13-7-6-10(14-11)9-4-2-1-3-5-9/h1,3-4,9-10,15,24H,2,5-8H2,(H,25,28);1-7H/t15-;/m0./s1. The summed E-state index contributed by atoms with van der Waals surface area (Å²) in [5.74, 6) is 0.0973. The fourth-order valence-corrected chi connectivity index (χ4v) is 4.20. The second kappa shape index (κ2) is 13.9. The van der Waals surface area contributed by atoms with Crippen molar-refractivity contribution in [3.8, 4) is 34.7 Å². The molecule has 12 heteroatoms. The number of aryl methyl sites for hydroxylation is 1. The Morgan fingerprint density at radius 1 is 0.905 bits per heavy atom. The van der Waals surface area contributed by atoms with Crippen LogP contribution in [0.4, 0.5) is 13.2 Å². The molecule has 0 bridgehead atoms. The molecule has 1 atom stereocenters. The summed E-state index contributed by atoms with van der Waals surface area (Å²) in [4.78, 5) is 27.6. The average molecular weight is 571 g/mol. The molecule has 0 saturated carbocycles. The minimum atomic E-state index is -4.46. The summed E-state index contributed by atoms with van der Waals surface area (Å²) in [5.41, 5.74) is 2.11. The summed E-state index contributed by atoms with van der Waals surface area (Å²) in [7, 11) is 0. The minimum Gasteiger partial charge on any atom is -0.355 e. The summed E-state index contributed by atoms with van der Waals surface area (Å²) < 4.78 is 38.8. The lowest BCUT2D eigenvalue weighted by Crippen LogP contribution is -2.36. The Morgan fingerprint density at radius 2 is 1.64 bits per heavy atom. The van der Waals surface area contributed by atoms with E-state index in [4.69, 9.17) is 10.5 Å². The van der Waals surface area contributed by atoms with Gasteiger partial charge in [0.2, 0.25) is 17.6 Å². The van der Waals surface area contributed by atoms with Crippen LogP contribution in [0.1, 0.15) is 35.7 Å². The maximum atomic E-state index is 12.9. The van der Waals surface area contributed by atoms with Crippen molar-refractivity contribution in [2.75, 3.05) is 13.1 Å². The number of carbonyl (C=O) groups excluding carboxylic acids is 1. The fourth-order valence-electron chi connectivity index (χ4n) is 4.20. The number of hydrogen-bond acceptors (Lipinski definition) is 8. The monoisotopic (exact) mass is 570 g/mol. The highest BCUT2D eigenvalue weighted by molar-refractivity contribution is 5.83. The van der Waals surface area contributed by atoms with Crippen molar-refractivity contribution in [1.29, 1.82) is 10.5 Å². The Labute approximate surface area is 240 Å². The second-order valence-corrected chi connectivity index (χ2v) is 9.19. The lowest BCUT2D eigenvalue weighted by atomic mass is 10.1. The van der Waals surface area contributed by atoms with Crippen LogP contribution in [-0.4, -0.2) is 45.0 Å². The van der Waals surface area contributed by atoms with Gasteiger partial charge in [-0.25, -0.2) is 19.9 Å². The van der Waals surface area contributed by atoms with Crippen molar-refractivity contribution in [2.24, 2.45) is 0 Å². The Balaban J connectivity index is 0.000000241. The van der Waals surface area contributed by atoms with Crippen LogP contribution < -0.4 is 10.6 Å². The third-order valence-electron chi connectivity index (χ3n) is 6.24. The van der Waals surface area contributed by atoms with E-state index in [0.717, 1.165) is 29.8 Å². The predicted octanol–water partition coefficient (Wildman–Crippen LogP) is 4.46. The molecule has 1 amide bonds. The number of hydrogen-bond donors (Lipinski definition) is 2. The lowest BCUT2D eigenvalue weighted by Gasteiger charge is -2.11. The quantitative estimate of drug-likeness (QED) is 0.311. The van der Waals surface area contributed by atoms with Crippen LogP contribution >= 0.6 is 0 Å². The van der Waals surface area contributed by atoms with Crippen molar-refractivity contribution < 1.29 is 18.0 Å². The van der Waals surface area contributed by atoms with Crippen molar-refractivity contribution in [3.05, 3.63) is 95.8 Å². The minimum absolute atomic E-state index is 0.0133. The number of alkyl halides is 3. The Bertz CT molecular complexity index is 1610. The van der Waals surface area contributed by atoms with Crippen molar-refractivity contribution in [3.63, 3.8) is 0 Å². The normalized spacial score (nSPS) is 14.2. The van der Waals surface area contributed by atoms with Gasteiger partial charge in [0.05, 0.1) is 23.0 Å². The number of halogens is 3. The van der Waals surface area contributed by atoms with Gasteiger partial charge in [0.25, 0.3) is 0 Å². The molecule has 1 saturated heterocycles. The maximum absolute atomic E-state index is 12.9. The van der Waals surface area contributed by atoms with E-state index in [9.17, 15) is 18.0 Å². The first-order valence-corrected chi connectivity index (χ1v) is 13.0. The number of amides is 1.